The third-order valence-corrected chi connectivity index (χ3v) is 5.94. The Labute approximate surface area is 135 Å². The zero-order chi connectivity index (χ0) is 16.3. The molecule has 0 spiro atoms. The number of aryl methyl sites for hydroxylation is 2. The lowest BCUT2D eigenvalue weighted by Crippen LogP contribution is -2.20. The van der Waals surface area contributed by atoms with Crippen LogP contribution in [0.15, 0.2) is 5.16 Å². The molecule has 6 nitrogen and oxygen atoms in total. The predicted octanol–water partition coefficient (Wildman–Crippen LogP) is 1.48. The van der Waals surface area contributed by atoms with E-state index in [4.69, 9.17) is 4.74 Å². The Morgan fingerprint density at radius 2 is 1.95 bits per heavy atom. The summed E-state index contributed by atoms with van der Waals surface area (Å²) in [6.07, 6.45) is 2.54. The lowest BCUT2D eigenvalue weighted by atomic mass is 10.1. The van der Waals surface area contributed by atoms with Gasteiger partial charge in [-0.05, 0) is 38.5 Å². The second kappa shape index (κ2) is 6.95. The van der Waals surface area contributed by atoms with Gasteiger partial charge in [0, 0.05) is 17.8 Å². The average molecular weight is 344 g/mol. The lowest BCUT2D eigenvalue weighted by Gasteiger charge is -2.12. The van der Waals surface area contributed by atoms with Crippen molar-refractivity contribution in [1.29, 1.82) is 0 Å². The predicted molar refractivity (Wildman–Crippen MR) is 84.8 cm³/mol. The minimum atomic E-state index is -3.03. The van der Waals surface area contributed by atoms with Gasteiger partial charge in [0.2, 0.25) is 0 Å². The van der Waals surface area contributed by atoms with Crippen molar-refractivity contribution in [2.24, 2.45) is 0 Å². The lowest BCUT2D eigenvalue weighted by molar-refractivity contribution is -0.147. The van der Waals surface area contributed by atoms with E-state index < -0.39 is 15.9 Å². The molecule has 0 radical (unpaired) electrons. The monoisotopic (exact) mass is 344 g/mol. The highest BCUT2D eigenvalue weighted by Gasteiger charge is 2.30. The van der Waals surface area contributed by atoms with Gasteiger partial charge in [0.1, 0.15) is 6.10 Å². The third-order valence-electron chi connectivity index (χ3n) is 3.65. The molecule has 0 saturated carbocycles. The van der Waals surface area contributed by atoms with Crippen LogP contribution in [0.25, 0.3) is 0 Å². The molecular weight excluding hydrogens is 324 g/mol. The molecule has 0 amide bonds. The number of carbonyl (C=O) groups excluding carboxylic acids is 1. The molecule has 0 aromatic carbocycles. The van der Waals surface area contributed by atoms with Crippen LogP contribution in [-0.4, -0.2) is 48.2 Å². The van der Waals surface area contributed by atoms with Gasteiger partial charge in [0.05, 0.1) is 11.5 Å². The summed E-state index contributed by atoms with van der Waals surface area (Å²) in [5.74, 6) is -0.315. The van der Waals surface area contributed by atoms with Gasteiger partial charge in [0.25, 0.3) is 0 Å². The molecule has 8 heteroatoms. The highest BCUT2D eigenvalue weighted by molar-refractivity contribution is 7.98. The van der Waals surface area contributed by atoms with Crippen LogP contribution in [0.5, 0.6) is 0 Å². The van der Waals surface area contributed by atoms with Crippen LogP contribution in [0.4, 0.5) is 0 Å². The third kappa shape index (κ3) is 4.42. The molecule has 0 N–H and O–H groups in total. The summed E-state index contributed by atoms with van der Waals surface area (Å²) in [5.41, 5.74) is 2.69. The van der Waals surface area contributed by atoms with Crippen molar-refractivity contribution in [3.8, 4) is 0 Å². The van der Waals surface area contributed by atoms with Crippen LogP contribution >= 0.6 is 11.8 Å². The van der Waals surface area contributed by atoms with Gasteiger partial charge in [-0.3, -0.25) is 4.79 Å². The molecule has 1 aliphatic heterocycles. The topological polar surface area (TPSA) is 86.2 Å². The van der Waals surface area contributed by atoms with E-state index in [9.17, 15) is 13.2 Å². The van der Waals surface area contributed by atoms with Crippen LogP contribution in [-0.2, 0) is 25.8 Å². The van der Waals surface area contributed by atoms with Crippen LogP contribution in [0.3, 0.4) is 0 Å². The summed E-state index contributed by atoms with van der Waals surface area (Å²) in [4.78, 5) is 20.6. The summed E-state index contributed by atoms with van der Waals surface area (Å²) < 4.78 is 27.9. The number of sulfone groups is 1. The molecule has 2 rings (SSSR count). The number of nitrogens with zero attached hydrogens (tertiary/aromatic N) is 2. The summed E-state index contributed by atoms with van der Waals surface area (Å²) in [5, 5.41) is 0.720. The first kappa shape index (κ1) is 17.2. The molecule has 1 aliphatic rings. The van der Waals surface area contributed by atoms with Crippen molar-refractivity contribution in [3.63, 3.8) is 0 Å². The van der Waals surface area contributed by atoms with Crippen LogP contribution in [0.2, 0.25) is 0 Å². The molecule has 1 saturated heterocycles. The van der Waals surface area contributed by atoms with E-state index >= 15 is 0 Å². The van der Waals surface area contributed by atoms with Gasteiger partial charge in [-0.1, -0.05) is 11.8 Å². The maximum Gasteiger partial charge on any atom is 0.306 e. The smallest absolute Gasteiger partial charge is 0.306 e. The zero-order valence-electron chi connectivity index (χ0n) is 13.0. The number of hydrogen-bond acceptors (Lipinski definition) is 7. The average Bonchev–Trinajstić information content (AvgIpc) is 2.76. The Kier molecular flexibility index (Phi) is 5.44. The second-order valence-electron chi connectivity index (χ2n) is 5.37. The number of aromatic nitrogens is 2. The van der Waals surface area contributed by atoms with E-state index in [0.29, 0.717) is 12.8 Å². The van der Waals surface area contributed by atoms with Gasteiger partial charge in [-0.25, -0.2) is 18.4 Å². The van der Waals surface area contributed by atoms with E-state index in [1.165, 1.54) is 11.8 Å². The maximum atomic E-state index is 11.9. The van der Waals surface area contributed by atoms with Crippen LogP contribution in [0.1, 0.15) is 29.8 Å². The Morgan fingerprint density at radius 3 is 2.45 bits per heavy atom. The first-order valence-electron chi connectivity index (χ1n) is 7.09. The molecule has 122 valence electrons. The Bertz CT molecular complexity index is 650. The molecule has 1 aromatic rings. The molecule has 0 bridgehead atoms. The van der Waals surface area contributed by atoms with E-state index in [2.05, 4.69) is 9.97 Å². The maximum absolute atomic E-state index is 11.9. The van der Waals surface area contributed by atoms with Crippen molar-refractivity contribution in [1.82, 2.24) is 9.97 Å². The Morgan fingerprint density at radius 1 is 1.32 bits per heavy atom. The van der Waals surface area contributed by atoms with Gasteiger partial charge in [0.15, 0.2) is 15.0 Å². The number of carbonyl (C=O) groups is 1. The van der Waals surface area contributed by atoms with Gasteiger partial charge in [-0.2, -0.15) is 0 Å². The van der Waals surface area contributed by atoms with Crippen molar-refractivity contribution in [3.05, 3.63) is 17.0 Å². The SMILES string of the molecule is CSc1nc(C)c(CCC(=O)OC2CCS(=O)(=O)C2)c(C)n1. The van der Waals surface area contributed by atoms with Crippen molar-refractivity contribution >= 4 is 27.6 Å². The molecule has 22 heavy (non-hydrogen) atoms. The number of esters is 1. The molecule has 0 aliphatic carbocycles. The molecular formula is C14H20N2O4S2. The quantitative estimate of drug-likeness (QED) is 0.454. The first-order valence-corrected chi connectivity index (χ1v) is 10.1. The Balaban J connectivity index is 1.92. The summed E-state index contributed by atoms with van der Waals surface area (Å²) in [6, 6.07) is 0. The summed E-state index contributed by atoms with van der Waals surface area (Å²) >= 11 is 1.48. The highest BCUT2D eigenvalue weighted by Crippen LogP contribution is 2.19. The van der Waals surface area contributed by atoms with Crippen LogP contribution in [0, 0.1) is 13.8 Å². The second-order valence-corrected chi connectivity index (χ2v) is 8.38. The van der Waals surface area contributed by atoms with Crippen LogP contribution < -0.4 is 0 Å². The van der Waals surface area contributed by atoms with E-state index in [1.807, 2.05) is 20.1 Å². The highest BCUT2D eigenvalue weighted by atomic mass is 32.2. The fourth-order valence-electron chi connectivity index (χ4n) is 2.49. The first-order chi connectivity index (χ1) is 10.3. The Hall–Kier alpha value is -1.15. The fraction of sp³-hybridized carbons (Fsp3) is 0.643. The zero-order valence-corrected chi connectivity index (χ0v) is 14.6. The fourth-order valence-corrected chi connectivity index (χ4v) is 4.53. The molecule has 1 unspecified atom stereocenters. The van der Waals surface area contributed by atoms with E-state index in [-0.39, 0.29) is 23.9 Å². The van der Waals surface area contributed by atoms with Crippen molar-refractivity contribution < 1.29 is 17.9 Å². The number of rotatable bonds is 5. The van der Waals surface area contributed by atoms with E-state index in [0.717, 1.165) is 22.1 Å². The van der Waals surface area contributed by atoms with Crippen molar-refractivity contribution in [2.75, 3.05) is 17.8 Å². The summed E-state index contributed by atoms with van der Waals surface area (Å²) in [6.45, 7) is 3.80. The number of ether oxygens (including phenoxy) is 1. The number of thioether (sulfide) groups is 1. The van der Waals surface area contributed by atoms with E-state index in [1.54, 1.807) is 0 Å². The minimum absolute atomic E-state index is 0.0532. The largest absolute Gasteiger partial charge is 0.461 e. The number of hydrogen-bond donors (Lipinski definition) is 0. The van der Waals surface area contributed by atoms with Gasteiger partial charge < -0.3 is 4.74 Å². The normalized spacial score (nSPS) is 20.0. The van der Waals surface area contributed by atoms with Gasteiger partial charge >= 0.3 is 5.97 Å². The molecule has 2 heterocycles. The van der Waals surface area contributed by atoms with Crippen molar-refractivity contribution in [2.45, 2.75) is 44.4 Å². The minimum Gasteiger partial charge on any atom is -0.461 e. The molecule has 1 fully saturated rings. The molecule has 1 aromatic heterocycles. The standard InChI is InChI=1S/C14H20N2O4S2/c1-9-12(10(2)16-14(15-9)21-3)4-5-13(17)20-11-6-7-22(18,19)8-11/h11H,4-8H2,1-3H3. The molecule has 1 atom stereocenters. The van der Waals surface area contributed by atoms with Gasteiger partial charge in [-0.15, -0.1) is 0 Å². The summed E-state index contributed by atoms with van der Waals surface area (Å²) in [7, 11) is -3.03.